The summed E-state index contributed by atoms with van der Waals surface area (Å²) < 4.78 is 0. The quantitative estimate of drug-likeness (QED) is 0.187. The molecule has 1 aliphatic heterocycles. The number of carbonyl (C=O) groups excluding carboxylic acids is 2. The molecule has 5 heteroatoms. The van der Waals surface area contributed by atoms with Gasteiger partial charge in [0.15, 0.2) is 0 Å². The van der Waals surface area contributed by atoms with Crippen LogP contribution in [0.3, 0.4) is 0 Å². The van der Waals surface area contributed by atoms with Gasteiger partial charge in [-0.3, -0.25) is 14.5 Å². The number of piperidine rings is 1. The van der Waals surface area contributed by atoms with Gasteiger partial charge in [0.2, 0.25) is 5.91 Å². The molecule has 6 rings (SSSR count). The molecule has 1 saturated heterocycles. The molecule has 5 nitrogen and oxygen atoms in total. The molecule has 0 bridgehead atoms. The highest BCUT2D eigenvalue weighted by Crippen LogP contribution is 2.33. The number of rotatable bonds is 9. The van der Waals surface area contributed by atoms with Crippen LogP contribution >= 0.6 is 0 Å². The normalized spacial score (nSPS) is 14.5. The summed E-state index contributed by atoms with van der Waals surface area (Å²) >= 11 is 0. The Balaban J connectivity index is 1.09. The molecule has 0 saturated carbocycles. The summed E-state index contributed by atoms with van der Waals surface area (Å²) in [6, 6.07) is 45.7. The Morgan fingerprint density at radius 1 is 0.682 bits per heavy atom. The number of benzene rings is 5. The first kappa shape index (κ1) is 29.1. The molecule has 1 fully saturated rings. The predicted octanol–water partition coefficient (Wildman–Crippen LogP) is 7.84. The number of nitrogens with one attached hydrogen (secondary N) is 2. The smallest absolute Gasteiger partial charge is 0.256 e. The molecular formula is C39H37N3O2. The van der Waals surface area contributed by atoms with Crippen molar-refractivity contribution >= 4 is 17.5 Å². The van der Waals surface area contributed by atoms with Crippen molar-refractivity contribution in [1.82, 2.24) is 10.2 Å². The lowest BCUT2D eigenvalue weighted by atomic mass is 9.88. The molecular weight excluding hydrogens is 542 g/mol. The van der Waals surface area contributed by atoms with Crippen LogP contribution in [0.1, 0.15) is 51.8 Å². The van der Waals surface area contributed by atoms with E-state index in [2.05, 4.69) is 27.7 Å². The topological polar surface area (TPSA) is 61.4 Å². The number of carbonyl (C=O) groups is 2. The fourth-order valence-electron chi connectivity index (χ4n) is 6.12. The molecule has 1 heterocycles. The molecule has 220 valence electrons. The molecule has 1 aliphatic rings. The summed E-state index contributed by atoms with van der Waals surface area (Å²) in [5.74, 6) is 0.314. The Bertz CT molecular complexity index is 1660. The molecule has 0 spiro atoms. The fourth-order valence-corrected chi connectivity index (χ4v) is 6.12. The van der Waals surface area contributed by atoms with E-state index < -0.39 is 0 Å². The second-order valence-electron chi connectivity index (χ2n) is 11.3. The number of hydrogen-bond acceptors (Lipinski definition) is 3. The van der Waals surface area contributed by atoms with Gasteiger partial charge in [-0.05, 0) is 77.9 Å². The van der Waals surface area contributed by atoms with Crippen molar-refractivity contribution in [1.29, 1.82) is 0 Å². The maximum absolute atomic E-state index is 13.5. The third kappa shape index (κ3) is 6.96. The molecule has 44 heavy (non-hydrogen) atoms. The average molecular weight is 580 g/mol. The Morgan fingerprint density at radius 3 is 1.95 bits per heavy atom. The van der Waals surface area contributed by atoms with Crippen LogP contribution < -0.4 is 10.6 Å². The van der Waals surface area contributed by atoms with Crippen LogP contribution in [0.4, 0.5) is 5.69 Å². The van der Waals surface area contributed by atoms with E-state index in [-0.39, 0.29) is 17.9 Å². The van der Waals surface area contributed by atoms with E-state index >= 15 is 0 Å². The van der Waals surface area contributed by atoms with Crippen molar-refractivity contribution in [3.05, 3.63) is 162 Å². The summed E-state index contributed by atoms with van der Waals surface area (Å²) in [6.45, 7) is 2.18. The van der Waals surface area contributed by atoms with Crippen LogP contribution in [0.2, 0.25) is 0 Å². The van der Waals surface area contributed by atoms with Crippen LogP contribution in [0.15, 0.2) is 140 Å². The number of nitrogens with zero attached hydrogens (tertiary/aromatic N) is 1. The molecule has 2 amide bonds. The Morgan fingerprint density at radius 2 is 1.27 bits per heavy atom. The highest BCUT2D eigenvalue weighted by atomic mass is 16.2. The van der Waals surface area contributed by atoms with Gasteiger partial charge in [-0.1, -0.05) is 121 Å². The molecule has 5 aromatic carbocycles. The highest BCUT2D eigenvalue weighted by Gasteiger charge is 2.31. The Labute approximate surface area is 259 Å². The van der Waals surface area contributed by atoms with Crippen LogP contribution in [-0.4, -0.2) is 29.8 Å². The van der Waals surface area contributed by atoms with E-state index in [1.807, 2.05) is 127 Å². The number of hydrogen-bond donors (Lipinski definition) is 2. The summed E-state index contributed by atoms with van der Waals surface area (Å²) in [5, 5.41) is 6.25. The summed E-state index contributed by atoms with van der Waals surface area (Å²) in [4.78, 5) is 29.1. The fraction of sp³-hybridized carbons (Fsp3) is 0.179. The van der Waals surface area contributed by atoms with Gasteiger partial charge in [0, 0.05) is 17.8 Å². The van der Waals surface area contributed by atoms with Gasteiger partial charge < -0.3 is 10.6 Å². The summed E-state index contributed by atoms with van der Waals surface area (Å²) in [5.41, 5.74) is 6.72. The zero-order chi connectivity index (χ0) is 30.1. The predicted molar refractivity (Wildman–Crippen MR) is 177 cm³/mol. The first-order chi connectivity index (χ1) is 21.7. The molecule has 0 aliphatic carbocycles. The molecule has 1 unspecified atom stereocenters. The van der Waals surface area contributed by atoms with Gasteiger partial charge in [0.05, 0.1) is 0 Å². The summed E-state index contributed by atoms with van der Waals surface area (Å²) in [7, 11) is 0. The zero-order valence-electron chi connectivity index (χ0n) is 24.7. The molecule has 5 aromatic rings. The lowest BCUT2D eigenvalue weighted by Crippen LogP contribution is -2.43. The third-order valence-corrected chi connectivity index (χ3v) is 8.46. The van der Waals surface area contributed by atoms with Gasteiger partial charge in [-0.15, -0.1) is 0 Å². The number of likely N-dealkylation sites (tertiary alicyclic amines) is 1. The van der Waals surface area contributed by atoms with Crippen LogP contribution in [-0.2, 0) is 11.3 Å². The molecule has 0 radical (unpaired) electrons. The van der Waals surface area contributed by atoms with Gasteiger partial charge >= 0.3 is 0 Å². The van der Waals surface area contributed by atoms with E-state index in [1.165, 1.54) is 5.56 Å². The van der Waals surface area contributed by atoms with E-state index in [4.69, 9.17) is 0 Å². The SMILES string of the molecule is O=C(Nc1ccc(C2CCN(C(C(=O)NCc3ccccc3)c3ccccc3)CC2)cc1)c1ccccc1-c1ccccc1. The average Bonchev–Trinajstić information content (AvgIpc) is 3.09. The molecule has 2 N–H and O–H groups in total. The number of amides is 2. The van der Waals surface area contributed by atoms with Gasteiger partial charge in [0.25, 0.3) is 5.91 Å². The molecule has 1 atom stereocenters. The van der Waals surface area contributed by atoms with Gasteiger partial charge in [0.1, 0.15) is 6.04 Å². The Kier molecular flexibility index (Phi) is 9.24. The Hall–Kier alpha value is -5.00. The van der Waals surface area contributed by atoms with Gasteiger partial charge in [-0.25, -0.2) is 0 Å². The monoisotopic (exact) mass is 579 g/mol. The minimum Gasteiger partial charge on any atom is -0.350 e. The van der Waals surface area contributed by atoms with Crippen LogP contribution in [0.5, 0.6) is 0 Å². The minimum absolute atomic E-state index is 0.0347. The van der Waals surface area contributed by atoms with Crippen LogP contribution in [0.25, 0.3) is 11.1 Å². The minimum atomic E-state index is -0.322. The second kappa shape index (κ2) is 14.0. The van der Waals surface area contributed by atoms with Crippen molar-refractivity contribution in [3.8, 4) is 11.1 Å². The standard InChI is InChI=1S/C39H37N3O2/c43-38(36-19-11-10-18-35(36)32-14-6-2-7-15-32)41-34-22-20-30(21-23-34)31-24-26-42(27-25-31)37(33-16-8-3-9-17-33)39(44)40-28-29-12-4-1-5-13-29/h1-23,31,37H,24-28H2,(H,40,44)(H,41,43). The zero-order valence-corrected chi connectivity index (χ0v) is 24.7. The first-order valence-corrected chi connectivity index (χ1v) is 15.3. The maximum atomic E-state index is 13.5. The number of anilines is 1. The van der Waals surface area contributed by atoms with Gasteiger partial charge in [-0.2, -0.15) is 0 Å². The lowest BCUT2D eigenvalue weighted by Gasteiger charge is -2.37. The van der Waals surface area contributed by atoms with Crippen molar-refractivity contribution < 1.29 is 9.59 Å². The van der Waals surface area contributed by atoms with Crippen molar-refractivity contribution in [2.24, 2.45) is 0 Å². The van der Waals surface area contributed by atoms with E-state index in [1.54, 1.807) is 0 Å². The van der Waals surface area contributed by atoms with Crippen molar-refractivity contribution in [3.63, 3.8) is 0 Å². The lowest BCUT2D eigenvalue weighted by molar-refractivity contribution is -0.127. The third-order valence-electron chi connectivity index (χ3n) is 8.46. The van der Waals surface area contributed by atoms with E-state index in [0.29, 0.717) is 18.0 Å². The summed E-state index contributed by atoms with van der Waals surface area (Å²) in [6.07, 6.45) is 1.93. The van der Waals surface area contributed by atoms with E-state index in [0.717, 1.165) is 53.9 Å². The van der Waals surface area contributed by atoms with Crippen molar-refractivity contribution in [2.45, 2.75) is 31.3 Å². The largest absolute Gasteiger partial charge is 0.350 e. The highest BCUT2D eigenvalue weighted by molar-refractivity contribution is 6.08. The van der Waals surface area contributed by atoms with Crippen molar-refractivity contribution in [2.75, 3.05) is 18.4 Å². The van der Waals surface area contributed by atoms with E-state index in [9.17, 15) is 9.59 Å². The second-order valence-corrected chi connectivity index (χ2v) is 11.3. The first-order valence-electron chi connectivity index (χ1n) is 15.3. The van der Waals surface area contributed by atoms with Crippen LogP contribution in [0, 0.1) is 0 Å². The molecule has 0 aromatic heterocycles. The maximum Gasteiger partial charge on any atom is 0.256 e.